The van der Waals surface area contributed by atoms with Crippen LogP contribution in [0.4, 0.5) is 0 Å². The van der Waals surface area contributed by atoms with E-state index in [-0.39, 0.29) is 11.8 Å². The molecule has 1 aromatic rings. The first-order valence-corrected chi connectivity index (χ1v) is 10.8. The lowest BCUT2D eigenvalue weighted by molar-refractivity contribution is -0.129. The topological polar surface area (TPSA) is 60.9 Å². The van der Waals surface area contributed by atoms with Crippen molar-refractivity contribution in [3.63, 3.8) is 0 Å². The van der Waals surface area contributed by atoms with Gasteiger partial charge < -0.3 is 4.90 Å². The van der Waals surface area contributed by atoms with E-state index in [1.165, 1.54) is 21.5 Å². The highest BCUT2D eigenvalue weighted by Crippen LogP contribution is 2.30. The maximum atomic E-state index is 12.8. The SMILES string of the molecule is CN(Cc1ccccc1)S(=O)(=O)N(C)CC1CC(=O)N(C2CCCC2)C1. The van der Waals surface area contributed by atoms with Gasteiger partial charge in [-0.1, -0.05) is 43.2 Å². The minimum Gasteiger partial charge on any atom is -0.339 e. The summed E-state index contributed by atoms with van der Waals surface area (Å²) in [6.45, 7) is 1.41. The van der Waals surface area contributed by atoms with Gasteiger partial charge in [0.25, 0.3) is 10.2 Å². The predicted molar refractivity (Wildman–Crippen MR) is 102 cm³/mol. The number of carbonyl (C=O) groups is 1. The van der Waals surface area contributed by atoms with Crippen LogP contribution in [-0.2, 0) is 21.5 Å². The molecule has 1 saturated heterocycles. The second-order valence-corrected chi connectivity index (χ2v) is 9.73. The molecule has 0 N–H and O–H groups in total. The van der Waals surface area contributed by atoms with E-state index in [0.29, 0.717) is 32.1 Å². The number of amides is 1. The minimum absolute atomic E-state index is 0.0769. The van der Waals surface area contributed by atoms with Gasteiger partial charge in [-0.25, -0.2) is 0 Å². The van der Waals surface area contributed by atoms with Gasteiger partial charge in [0, 0.05) is 46.2 Å². The van der Waals surface area contributed by atoms with Gasteiger partial charge in [0.1, 0.15) is 0 Å². The molecule has 3 rings (SSSR count). The van der Waals surface area contributed by atoms with Crippen molar-refractivity contribution in [2.75, 3.05) is 27.2 Å². The zero-order valence-corrected chi connectivity index (χ0v) is 16.5. The highest BCUT2D eigenvalue weighted by molar-refractivity contribution is 7.86. The number of rotatable bonds is 7. The van der Waals surface area contributed by atoms with Crippen molar-refractivity contribution in [1.29, 1.82) is 0 Å². The fraction of sp³-hybridized carbons (Fsp3) is 0.632. The molecule has 1 aliphatic carbocycles. The van der Waals surface area contributed by atoms with Crippen LogP contribution in [0, 0.1) is 5.92 Å². The Hall–Kier alpha value is -1.44. The third-order valence-corrected chi connectivity index (χ3v) is 7.41. The van der Waals surface area contributed by atoms with E-state index in [0.717, 1.165) is 18.4 Å². The summed E-state index contributed by atoms with van der Waals surface area (Å²) in [5.74, 6) is 0.262. The predicted octanol–water partition coefficient (Wildman–Crippen LogP) is 2.09. The molecule has 6 nitrogen and oxygen atoms in total. The summed E-state index contributed by atoms with van der Waals surface area (Å²) < 4.78 is 28.4. The summed E-state index contributed by atoms with van der Waals surface area (Å²) in [5, 5.41) is 0. The molecule has 0 aromatic heterocycles. The van der Waals surface area contributed by atoms with Crippen LogP contribution in [0.3, 0.4) is 0 Å². The van der Waals surface area contributed by atoms with Gasteiger partial charge in [-0.05, 0) is 24.3 Å². The van der Waals surface area contributed by atoms with E-state index >= 15 is 0 Å². The van der Waals surface area contributed by atoms with Crippen LogP contribution in [0.5, 0.6) is 0 Å². The Balaban J connectivity index is 1.58. The summed E-state index contributed by atoms with van der Waals surface area (Å²) in [4.78, 5) is 14.3. The highest BCUT2D eigenvalue weighted by Gasteiger charge is 2.37. The Morgan fingerprint density at radius 3 is 2.38 bits per heavy atom. The molecular formula is C19H29N3O3S. The summed E-state index contributed by atoms with van der Waals surface area (Å²) in [5.41, 5.74) is 0.954. The standard InChI is InChI=1S/C19H29N3O3S/c1-20(13-16-8-4-3-5-9-16)26(24,25)21(2)14-17-12-19(23)22(15-17)18-10-6-7-11-18/h3-5,8-9,17-18H,6-7,10-15H2,1-2H3. The van der Waals surface area contributed by atoms with E-state index < -0.39 is 10.2 Å². The van der Waals surface area contributed by atoms with Crippen molar-refractivity contribution in [2.24, 2.45) is 5.92 Å². The molecule has 2 aliphatic rings. The van der Waals surface area contributed by atoms with Gasteiger partial charge in [0.15, 0.2) is 0 Å². The third kappa shape index (κ3) is 4.27. The molecule has 1 heterocycles. The molecule has 0 bridgehead atoms. The molecule has 1 saturated carbocycles. The van der Waals surface area contributed by atoms with Gasteiger partial charge in [-0.3, -0.25) is 4.79 Å². The van der Waals surface area contributed by atoms with Crippen molar-refractivity contribution in [2.45, 2.75) is 44.7 Å². The van der Waals surface area contributed by atoms with Gasteiger partial charge in [0.2, 0.25) is 5.91 Å². The average molecular weight is 380 g/mol. The lowest BCUT2D eigenvalue weighted by Gasteiger charge is -2.27. The Morgan fingerprint density at radius 2 is 1.73 bits per heavy atom. The maximum Gasteiger partial charge on any atom is 0.281 e. The quantitative estimate of drug-likeness (QED) is 0.729. The number of likely N-dealkylation sites (tertiary alicyclic amines) is 1. The lowest BCUT2D eigenvalue weighted by Crippen LogP contribution is -2.42. The smallest absolute Gasteiger partial charge is 0.281 e. The monoisotopic (exact) mass is 379 g/mol. The average Bonchev–Trinajstić information content (AvgIpc) is 3.25. The van der Waals surface area contributed by atoms with Gasteiger partial charge in [0.05, 0.1) is 0 Å². The molecule has 144 valence electrons. The fourth-order valence-corrected chi connectivity index (χ4v) is 5.30. The van der Waals surface area contributed by atoms with Crippen LogP contribution in [0.25, 0.3) is 0 Å². The second kappa shape index (κ2) is 8.06. The zero-order valence-electron chi connectivity index (χ0n) is 15.7. The first-order chi connectivity index (χ1) is 12.4. The Labute approximate surface area is 157 Å². The van der Waals surface area contributed by atoms with Crippen LogP contribution in [0.2, 0.25) is 0 Å². The number of carbonyl (C=O) groups excluding carboxylic acids is 1. The van der Waals surface area contributed by atoms with Crippen molar-refractivity contribution in [1.82, 2.24) is 13.5 Å². The summed E-state index contributed by atoms with van der Waals surface area (Å²) in [7, 11) is -0.330. The molecule has 0 radical (unpaired) electrons. The van der Waals surface area contributed by atoms with Crippen molar-refractivity contribution >= 4 is 16.1 Å². The molecular weight excluding hydrogens is 350 g/mol. The summed E-state index contributed by atoms with van der Waals surface area (Å²) >= 11 is 0. The first kappa shape index (κ1) is 19.3. The van der Waals surface area contributed by atoms with E-state index in [2.05, 4.69) is 0 Å². The number of hydrogen-bond donors (Lipinski definition) is 0. The number of benzene rings is 1. The molecule has 26 heavy (non-hydrogen) atoms. The lowest BCUT2D eigenvalue weighted by atomic mass is 10.1. The molecule has 1 aliphatic heterocycles. The van der Waals surface area contributed by atoms with Crippen LogP contribution in [0.1, 0.15) is 37.7 Å². The number of nitrogens with zero attached hydrogens (tertiary/aromatic N) is 3. The van der Waals surface area contributed by atoms with Crippen LogP contribution in [-0.4, -0.2) is 61.1 Å². The zero-order chi connectivity index (χ0) is 18.7. The van der Waals surface area contributed by atoms with Gasteiger partial charge in [-0.15, -0.1) is 0 Å². The van der Waals surface area contributed by atoms with E-state index in [1.54, 1.807) is 14.1 Å². The van der Waals surface area contributed by atoms with Gasteiger partial charge in [-0.2, -0.15) is 17.0 Å². The Bertz CT molecular complexity index is 717. The second-order valence-electron chi connectivity index (χ2n) is 7.58. The Kier molecular flexibility index (Phi) is 5.99. The normalized spacial score (nSPS) is 22.1. The van der Waals surface area contributed by atoms with Gasteiger partial charge >= 0.3 is 0 Å². The molecule has 1 aromatic carbocycles. The maximum absolute atomic E-state index is 12.8. The molecule has 1 unspecified atom stereocenters. The van der Waals surface area contributed by atoms with E-state index in [1.807, 2.05) is 35.2 Å². The minimum atomic E-state index is -3.54. The summed E-state index contributed by atoms with van der Waals surface area (Å²) in [6, 6.07) is 9.93. The van der Waals surface area contributed by atoms with Crippen molar-refractivity contribution in [3.8, 4) is 0 Å². The third-order valence-electron chi connectivity index (χ3n) is 5.56. The fourth-order valence-electron chi connectivity index (χ4n) is 4.12. The number of hydrogen-bond acceptors (Lipinski definition) is 3. The molecule has 7 heteroatoms. The van der Waals surface area contributed by atoms with Crippen molar-refractivity contribution < 1.29 is 13.2 Å². The van der Waals surface area contributed by atoms with Crippen LogP contribution < -0.4 is 0 Å². The molecule has 2 fully saturated rings. The largest absolute Gasteiger partial charge is 0.339 e. The van der Waals surface area contributed by atoms with Crippen molar-refractivity contribution in [3.05, 3.63) is 35.9 Å². The van der Waals surface area contributed by atoms with E-state index in [4.69, 9.17) is 0 Å². The summed E-state index contributed by atoms with van der Waals surface area (Å²) in [6.07, 6.45) is 5.02. The van der Waals surface area contributed by atoms with Crippen LogP contribution in [0.15, 0.2) is 30.3 Å². The van der Waals surface area contributed by atoms with E-state index in [9.17, 15) is 13.2 Å². The Morgan fingerprint density at radius 1 is 1.08 bits per heavy atom. The molecule has 1 atom stereocenters. The first-order valence-electron chi connectivity index (χ1n) is 9.39. The molecule has 1 amide bonds. The van der Waals surface area contributed by atoms with Crippen LogP contribution >= 0.6 is 0 Å². The highest BCUT2D eigenvalue weighted by atomic mass is 32.2. The molecule has 0 spiro atoms.